The predicted octanol–water partition coefficient (Wildman–Crippen LogP) is 2.20. The molecule has 1 aliphatic heterocycles. The summed E-state index contributed by atoms with van der Waals surface area (Å²) in [6.45, 7) is 4.05. The SMILES string of the molecule is COCC(C)NC(=O)C1CCN(c2nc3ccccc3o2)CC1. The molecule has 1 atom stereocenters. The number of nitrogens with one attached hydrogen (secondary N) is 1. The van der Waals surface area contributed by atoms with Crippen molar-refractivity contribution in [1.29, 1.82) is 0 Å². The van der Waals surface area contributed by atoms with Crippen LogP contribution in [0.2, 0.25) is 0 Å². The Hall–Kier alpha value is -2.08. The van der Waals surface area contributed by atoms with Gasteiger partial charge < -0.3 is 19.4 Å². The van der Waals surface area contributed by atoms with Crippen LogP contribution in [0.1, 0.15) is 19.8 Å². The van der Waals surface area contributed by atoms with Gasteiger partial charge in [-0.05, 0) is 31.9 Å². The maximum Gasteiger partial charge on any atom is 0.298 e. The minimum Gasteiger partial charge on any atom is -0.423 e. The largest absolute Gasteiger partial charge is 0.423 e. The summed E-state index contributed by atoms with van der Waals surface area (Å²) in [5.41, 5.74) is 1.67. The van der Waals surface area contributed by atoms with E-state index >= 15 is 0 Å². The first-order valence-electron chi connectivity index (χ1n) is 8.07. The molecule has 1 aromatic heterocycles. The van der Waals surface area contributed by atoms with E-state index in [1.165, 1.54) is 0 Å². The number of ether oxygens (including phenoxy) is 1. The highest BCUT2D eigenvalue weighted by molar-refractivity contribution is 5.79. The lowest BCUT2D eigenvalue weighted by molar-refractivity contribution is -0.126. The average molecular weight is 317 g/mol. The number of para-hydroxylation sites is 2. The molecule has 1 saturated heterocycles. The van der Waals surface area contributed by atoms with Crippen molar-refractivity contribution in [3.05, 3.63) is 24.3 Å². The standard InChI is InChI=1S/C17H23N3O3/c1-12(11-22-2)18-16(21)13-7-9-20(10-8-13)17-19-14-5-3-4-6-15(14)23-17/h3-6,12-13H,7-11H2,1-2H3,(H,18,21). The number of carbonyl (C=O) groups excluding carboxylic acids is 1. The zero-order chi connectivity index (χ0) is 16.2. The lowest BCUT2D eigenvalue weighted by atomic mass is 9.96. The van der Waals surface area contributed by atoms with Gasteiger partial charge in [-0.15, -0.1) is 0 Å². The fraction of sp³-hybridized carbons (Fsp3) is 0.529. The van der Waals surface area contributed by atoms with Gasteiger partial charge in [-0.2, -0.15) is 4.98 Å². The fourth-order valence-corrected chi connectivity index (χ4v) is 2.98. The Kier molecular flexibility index (Phi) is 4.81. The molecule has 0 radical (unpaired) electrons. The van der Waals surface area contributed by atoms with Gasteiger partial charge in [-0.1, -0.05) is 12.1 Å². The molecule has 1 amide bonds. The van der Waals surface area contributed by atoms with Crippen LogP contribution in [-0.2, 0) is 9.53 Å². The van der Waals surface area contributed by atoms with E-state index in [4.69, 9.17) is 9.15 Å². The number of hydrogen-bond donors (Lipinski definition) is 1. The van der Waals surface area contributed by atoms with Gasteiger partial charge in [0.15, 0.2) is 5.58 Å². The highest BCUT2D eigenvalue weighted by Crippen LogP contribution is 2.26. The van der Waals surface area contributed by atoms with Gasteiger partial charge in [0.2, 0.25) is 5.91 Å². The first kappa shape index (κ1) is 15.8. The van der Waals surface area contributed by atoms with Crippen molar-refractivity contribution in [2.24, 2.45) is 5.92 Å². The molecule has 1 N–H and O–H groups in total. The smallest absolute Gasteiger partial charge is 0.298 e. The van der Waals surface area contributed by atoms with Crippen molar-refractivity contribution in [3.8, 4) is 0 Å². The van der Waals surface area contributed by atoms with Crippen LogP contribution in [0.4, 0.5) is 6.01 Å². The van der Waals surface area contributed by atoms with Crippen LogP contribution >= 0.6 is 0 Å². The van der Waals surface area contributed by atoms with Crippen LogP contribution in [0, 0.1) is 5.92 Å². The molecule has 0 spiro atoms. The van der Waals surface area contributed by atoms with Gasteiger partial charge in [0.1, 0.15) is 5.52 Å². The topological polar surface area (TPSA) is 67.6 Å². The van der Waals surface area contributed by atoms with Crippen LogP contribution < -0.4 is 10.2 Å². The number of nitrogens with zero attached hydrogens (tertiary/aromatic N) is 2. The van der Waals surface area contributed by atoms with Gasteiger partial charge in [0.25, 0.3) is 6.01 Å². The molecule has 0 bridgehead atoms. The van der Waals surface area contributed by atoms with E-state index in [0.29, 0.717) is 12.6 Å². The van der Waals surface area contributed by atoms with E-state index in [9.17, 15) is 4.79 Å². The highest BCUT2D eigenvalue weighted by atomic mass is 16.5. The van der Waals surface area contributed by atoms with Crippen molar-refractivity contribution in [2.75, 3.05) is 31.7 Å². The Balaban J connectivity index is 1.56. The van der Waals surface area contributed by atoms with E-state index in [0.717, 1.165) is 37.0 Å². The van der Waals surface area contributed by atoms with Gasteiger partial charge in [0.05, 0.1) is 6.61 Å². The second kappa shape index (κ2) is 7.00. The van der Waals surface area contributed by atoms with Gasteiger partial charge in [-0.3, -0.25) is 4.79 Å². The summed E-state index contributed by atoms with van der Waals surface area (Å²) < 4.78 is 10.8. The van der Waals surface area contributed by atoms with Gasteiger partial charge in [-0.25, -0.2) is 0 Å². The maximum absolute atomic E-state index is 12.2. The summed E-state index contributed by atoms with van der Waals surface area (Å²) in [7, 11) is 1.64. The van der Waals surface area contributed by atoms with E-state index in [2.05, 4.69) is 15.2 Å². The molecule has 1 unspecified atom stereocenters. The van der Waals surface area contributed by atoms with Gasteiger partial charge in [0, 0.05) is 32.2 Å². The Morgan fingerprint density at radius 1 is 1.43 bits per heavy atom. The van der Waals surface area contributed by atoms with Gasteiger partial charge >= 0.3 is 0 Å². The van der Waals surface area contributed by atoms with Crippen LogP contribution in [0.5, 0.6) is 0 Å². The lowest BCUT2D eigenvalue weighted by Gasteiger charge is -2.30. The van der Waals surface area contributed by atoms with E-state index in [-0.39, 0.29) is 17.9 Å². The number of rotatable bonds is 5. The Morgan fingerprint density at radius 3 is 2.87 bits per heavy atom. The number of hydrogen-bond acceptors (Lipinski definition) is 5. The first-order valence-corrected chi connectivity index (χ1v) is 8.07. The molecule has 6 nitrogen and oxygen atoms in total. The molecule has 3 rings (SSSR count). The maximum atomic E-state index is 12.2. The van der Waals surface area contributed by atoms with Crippen LogP contribution in [0.15, 0.2) is 28.7 Å². The third-order valence-corrected chi connectivity index (χ3v) is 4.22. The molecule has 1 fully saturated rings. The molecular formula is C17H23N3O3. The van der Waals surface area contributed by atoms with Crippen LogP contribution in [0.3, 0.4) is 0 Å². The minimum atomic E-state index is 0.0440. The predicted molar refractivity (Wildman–Crippen MR) is 88.4 cm³/mol. The van der Waals surface area contributed by atoms with E-state index < -0.39 is 0 Å². The molecule has 1 aromatic carbocycles. The zero-order valence-corrected chi connectivity index (χ0v) is 13.6. The summed E-state index contributed by atoms with van der Waals surface area (Å²) >= 11 is 0. The summed E-state index contributed by atoms with van der Waals surface area (Å²) in [5.74, 6) is 0.168. The van der Waals surface area contributed by atoms with Crippen LogP contribution in [-0.4, -0.2) is 43.7 Å². The van der Waals surface area contributed by atoms with Crippen molar-refractivity contribution in [2.45, 2.75) is 25.8 Å². The Bertz CT molecular complexity index is 629. The number of carbonyl (C=O) groups is 1. The summed E-state index contributed by atoms with van der Waals surface area (Å²) in [6, 6.07) is 8.45. The van der Waals surface area contributed by atoms with Crippen molar-refractivity contribution in [3.63, 3.8) is 0 Å². The molecular weight excluding hydrogens is 294 g/mol. The number of benzene rings is 1. The molecule has 0 saturated carbocycles. The number of oxazole rings is 1. The van der Waals surface area contributed by atoms with E-state index in [1.54, 1.807) is 7.11 Å². The first-order chi connectivity index (χ1) is 11.2. The number of fused-ring (bicyclic) bond motifs is 1. The average Bonchev–Trinajstić information content (AvgIpc) is 2.99. The Labute approximate surface area is 135 Å². The number of anilines is 1. The molecule has 2 heterocycles. The van der Waals surface area contributed by atoms with Crippen molar-refractivity contribution < 1.29 is 13.9 Å². The molecule has 0 aliphatic carbocycles. The molecule has 2 aromatic rings. The molecule has 6 heteroatoms. The number of piperidine rings is 1. The fourth-order valence-electron chi connectivity index (χ4n) is 2.98. The highest BCUT2D eigenvalue weighted by Gasteiger charge is 2.27. The Morgan fingerprint density at radius 2 is 2.17 bits per heavy atom. The lowest BCUT2D eigenvalue weighted by Crippen LogP contribution is -2.44. The third kappa shape index (κ3) is 3.64. The van der Waals surface area contributed by atoms with Crippen molar-refractivity contribution in [1.82, 2.24) is 10.3 Å². The second-order valence-corrected chi connectivity index (χ2v) is 6.09. The summed E-state index contributed by atoms with van der Waals surface area (Å²) in [6.07, 6.45) is 1.62. The molecule has 124 valence electrons. The van der Waals surface area contributed by atoms with E-state index in [1.807, 2.05) is 31.2 Å². The third-order valence-electron chi connectivity index (χ3n) is 4.22. The number of methoxy groups -OCH3 is 1. The summed E-state index contributed by atoms with van der Waals surface area (Å²) in [5, 5.41) is 3.01. The molecule has 1 aliphatic rings. The second-order valence-electron chi connectivity index (χ2n) is 6.09. The zero-order valence-electron chi connectivity index (χ0n) is 13.6. The minimum absolute atomic E-state index is 0.0440. The number of aromatic nitrogens is 1. The van der Waals surface area contributed by atoms with Crippen LogP contribution in [0.25, 0.3) is 11.1 Å². The normalized spacial score (nSPS) is 17.4. The molecule has 23 heavy (non-hydrogen) atoms. The quantitative estimate of drug-likeness (QED) is 0.915. The number of amides is 1. The van der Waals surface area contributed by atoms with Crippen molar-refractivity contribution >= 4 is 23.0 Å². The summed E-state index contributed by atoms with van der Waals surface area (Å²) in [4.78, 5) is 18.9. The monoisotopic (exact) mass is 317 g/mol.